The molecule has 0 N–H and O–H groups in total. The quantitative estimate of drug-likeness (QED) is 0.374. The van der Waals surface area contributed by atoms with E-state index in [1.54, 1.807) is 0 Å². The lowest BCUT2D eigenvalue weighted by molar-refractivity contribution is 0.0727. The Hall–Kier alpha value is -3.60. The number of ketones is 1. The molecule has 1 aliphatic rings. The van der Waals surface area contributed by atoms with Gasteiger partial charge in [0.05, 0.1) is 11.6 Å². The lowest BCUT2D eigenvalue weighted by Crippen LogP contribution is -2.19. The molecule has 1 atom stereocenters. The summed E-state index contributed by atoms with van der Waals surface area (Å²) < 4.78 is 17.0. The van der Waals surface area contributed by atoms with Crippen LogP contribution in [0.2, 0.25) is 0 Å². The number of aryl methyl sites for hydroxylation is 1. The topological polar surface area (TPSA) is 69.7 Å². The third-order valence-corrected chi connectivity index (χ3v) is 5.04. The zero-order chi connectivity index (χ0) is 19.3. The Morgan fingerprint density at radius 3 is 2.64 bits per heavy atom. The average Bonchev–Trinajstić information content (AvgIpc) is 3.36. The molecule has 0 spiro atoms. The molecule has 2 aromatic heterocycles. The molecule has 0 fully saturated rings. The molecule has 4 aromatic rings. The summed E-state index contributed by atoms with van der Waals surface area (Å²) in [6.45, 7) is 1.86. The summed E-state index contributed by atoms with van der Waals surface area (Å²) in [7, 11) is 0. The molecule has 5 heteroatoms. The van der Waals surface area contributed by atoms with Crippen molar-refractivity contribution in [3.05, 3.63) is 82.6 Å². The van der Waals surface area contributed by atoms with E-state index >= 15 is 0 Å². The van der Waals surface area contributed by atoms with Crippen LogP contribution < -0.4 is 5.63 Å². The van der Waals surface area contributed by atoms with Gasteiger partial charge in [0.1, 0.15) is 11.2 Å². The molecule has 1 aliphatic heterocycles. The Labute approximate surface area is 159 Å². The van der Waals surface area contributed by atoms with Gasteiger partial charge in [0, 0.05) is 23.4 Å². The van der Waals surface area contributed by atoms with Crippen LogP contribution in [0.15, 0.2) is 74.5 Å². The Morgan fingerprint density at radius 1 is 1.07 bits per heavy atom. The van der Waals surface area contributed by atoms with E-state index in [1.165, 1.54) is 12.3 Å². The molecule has 0 amide bonds. The van der Waals surface area contributed by atoms with Crippen LogP contribution in [0, 0.1) is 6.92 Å². The molecule has 5 rings (SSSR count). The van der Waals surface area contributed by atoms with Crippen LogP contribution in [0.4, 0.5) is 0 Å². The van der Waals surface area contributed by atoms with Crippen molar-refractivity contribution in [3.8, 4) is 11.1 Å². The highest BCUT2D eigenvalue weighted by molar-refractivity contribution is 6.17. The first-order valence-corrected chi connectivity index (χ1v) is 9.03. The molecule has 0 aliphatic carbocycles. The smallest absolute Gasteiger partial charge is 0.336 e. The molecule has 0 saturated heterocycles. The number of fused-ring (bicyclic) bond motifs is 3. The van der Waals surface area contributed by atoms with Crippen LogP contribution in [-0.2, 0) is 4.74 Å². The van der Waals surface area contributed by atoms with Crippen molar-refractivity contribution >= 4 is 27.7 Å². The number of furan rings is 1. The fourth-order valence-electron chi connectivity index (χ4n) is 3.72. The van der Waals surface area contributed by atoms with Crippen molar-refractivity contribution < 1.29 is 18.4 Å². The van der Waals surface area contributed by atoms with Gasteiger partial charge in [-0.2, -0.15) is 0 Å². The minimum atomic E-state index is -0.608. The third kappa shape index (κ3) is 2.47. The lowest BCUT2D eigenvalue weighted by atomic mass is 9.97. The standard InChI is InChI=1S/C23H16O5/c1-13-12-18(24)28-22-15(13)9-10-16-20(22)19(14-6-3-2-4-7-14)23(27-16)21(25)17-8-5-11-26-17/h2-7,9-12,17H,8H2,1H3. The molecule has 0 bridgehead atoms. The molecular formula is C23H16O5. The van der Waals surface area contributed by atoms with E-state index in [1.807, 2.05) is 55.5 Å². The highest BCUT2D eigenvalue weighted by Gasteiger charge is 2.31. The Bertz CT molecular complexity index is 1300. The van der Waals surface area contributed by atoms with Crippen LogP contribution in [0.5, 0.6) is 0 Å². The summed E-state index contributed by atoms with van der Waals surface area (Å²) in [6.07, 6.45) is 3.23. The van der Waals surface area contributed by atoms with E-state index in [2.05, 4.69) is 0 Å². The zero-order valence-corrected chi connectivity index (χ0v) is 15.1. The van der Waals surface area contributed by atoms with Crippen LogP contribution in [0.3, 0.4) is 0 Å². The van der Waals surface area contributed by atoms with Crippen molar-refractivity contribution in [2.75, 3.05) is 0 Å². The first-order chi connectivity index (χ1) is 13.6. The lowest BCUT2D eigenvalue weighted by Gasteiger charge is -2.09. The predicted molar refractivity (Wildman–Crippen MR) is 105 cm³/mol. The SMILES string of the molecule is Cc1cc(=O)oc2c1ccc1oc(C(=O)C3CC=CO3)c(-c3ccccc3)c12. The van der Waals surface area contributed by atoms with E-state index in [-0.39, 0.29) is 11.5 Å². The van der Waals surface area contributed by atoms with Crippen molar-refractivity contribution in [2.24, 2.45) is 0 Å². The number of hydrogen-bond donors (Lipinski definition) is 0. The van der Waals surface area contributed by atoms with E-state index in [4.69, 9.17) is 13.6 Å². The van der Waals surface area contributed by atoms with E-state index < -0.39 is 11.7 Å². The second-order valence-corrected chi connectivity index (χ2v) is 6.83. The van der Waals surface area contributed by atoms with E-state index in [0.29, 0.717) is 28.5 Å². The monoisotopic (exact) mass is 372 g/mol. The third-order valence-electron chi connectivity index (χ3n) is 5.04. The minimum Gasteiger partial charge on any atom is -0.490 e. The first-order valence-electron chi connectivity index (χ1n) is 9.03. The molecule has 138 valence electrons. The summed E-state index contributed by atoms with van der Waals surface area (Å²) in [5.41, 5.74) is 2.73. The summed E-state index contributed by atoms with van der Waals surface area (Å²) in [4.78, 5) is 25.2. The second-order valence-electron chi connectivity index (χ2n) is 6.83. The maximum Gasteiger partial charge on any atom is 0.336 e. The van der Waals surface area contributed by atoms with Gasteiger partial charge in [0.2, 0.25) is 5.78 Å². The zero-order valence-electron chi connectivity index (χ0n) is 15.1. The van der Waals surface area contributed by atoms with Crippen molar-refractivity contribution in [2.45, 2.75) is 19.4 Å². The highest BCUT2D eigenvalue weighted by Crippen LogP contribution is 2.40. The Morgan fingerprint density at radius 2 is 1.89 bits per heavy atom. The van der Waals surface area contributed by atoms with Gasteiger partial charge in [-0.15, -0.1) is 0 Å². The van der Waals surface area contributed by atoms with Gasteiger partial charge in [0.25, 0.3) is 0 Å². The van der Waals surface area contributed by atoms with Gasteiger partial charge in [-0.05, 0) is 36.3 Å². The number of hydrogen-bond acceptors (Lipinski definition) is 5. The van der Waals surface area contributed by atoms with Crippen molar-refractivity contribution in [1.29, 1.82) is 0 Å². The number of carbonyl (C=O) groups is 1. The molecule has 3 heterocycles. The summed E-state index contributed by atoms with van der Waals surface area (Å²) in [6, 6.07) is 14.6. The number of rotatable bonds is 3. The van der Waals surface area contributed by atoms with E-state index in [9.17, 15) is 9.59 Å². The molecule has 1 unspecified atom stereocenters. The number of Topliss-reactive ketones (excluding diaryl/α,β-unsaturated/α-hetero) is 1. The molecule has 0 saturated carbocycles. The maximum atomic E-state index is 13.1. The Kier molecular flexibility index (Phi) is 3.69. The van der Waals surface area contributed by atoms with Gasteiger partial charge in [0.15, 0.2) is 11.9 Å². The molecule has 5 nitrogen and oxygen atoms in total. The van der Waals surface area contributed by atoms with Crippen LogP contribution >= 0.6 is 0 Å². The molecule has 2 aromatic carbocycles. The van der Waals surface area contributed by atoms with Gasteiger partial charge in [-0.1, -0.05) is 30.3 Å². The van der Waals surface area contributed by atoms with Crippen LogP contribution in [-0.4, -0.2) is 11.9 Å². The fourth-order valence-corrected chi connectivity index (χ4v) is 3.72. The van der Waals surface area contributed by atoms with Crippen LogP contribution in [0.1, 0.15) is 22.5 Å². The average molecular weight is 372 g/mol. The summed E-state index contributed by atoms with van der Waals surface area (Å²) in [5, 5.41) is 1.43. The molecular weight excluding hydrogens is 356 g/mol. The number of benzene rings is 2. The normalized spacial score (nSPS) is 16.0. The minimum absolute atomic E-state index is 0.214. The number of carbonyl (C=O) groups excluding carboxylic acids is 1. The number of ether oxygens (including phenoxy) is 1. The van der Waals surface area contributed by atoms with Gasteiger partial charge in [-0.3, -0.25) is 4.79 Å². The fraction of sp³-hybridized carbons (Fsp3) is 0.130. The largest absolute Gasteiger partial charge is 0.490 e. The Balaban J connectivity index is 1.89. The van der Waals surface area contributed by atoms with E-state index in [0.717, 1.165) is 16.5 Å². The summed E-state index contributed by atoms with van der Waals surface area (Å²) in [5.74, 6) is -0.0187. The van der Waals surface area contributed by atoms with Gasteiger partial charge >= 0.3 is 5.63 Å². The molecule has 28 heavy (non-hydrogen) atoms. The summed E-state index contributed by atoms with van der Waals surface area (Å²) >= 11 is 0. The molecule has 0 radical (unpaired) electrons. The van der Waals surface area contributed by atoms with Crippen LogP contribution in [0.25, 0.3) is 33.1 Å². The maximum absolute atomic E-state index is 13.1. The highest BCUT2D eigenvalue weighted by atomic mass is 16.5. The van der Waals surface area contributed by atoms with Crippen molar-refractivity contribution in [1.82, 2.24) is 0 Å². The predicted octanol–water partition coefficient (Wildman–Crippen LogP) is 5.00. The van der Waals surface area contributed by atoms with Crippen molar-refractivity contribution in [3.63, 3.8) is 0 Å². The van der Waals surface area contributed by atoms with Gasteiger partial charge < -0.3 is 13.6 Å². The second kappa shape index (κ2) is 6.23. The van der Waals surface area contributed by atoms with Gasteiger partial charge in [-0.25, -0.2) is 4.79 Å². The first kappa shape index (κ1) is 16.6.